The van der Waals surface area contributed by atoms with E-state index >= 15 is 0 Å². The smallest absolute Gasteiger partial charge is 0.331 e. The predicted octanol–water partition coefficient (Wildman–Crippen LogP) is 3.10. The molecule has 1 aliphatic rings. The van der Waals surface area contributed by atoms with Gasteiger partial charge in [-0.25, -0.2) is 4.79 Å². The summed E-state index contributed by atoms with van der Waals surface area (Å²) >= 11 is 0. The zero-order valence-corrected chi connectivity index (χ0v) is 14.9. The Bertz CT molecular complexity index is 917. The molecule has 4 amide bonds. The minimum absolute atomic E-state index is 0.0378. The van der Waals surface area contributed by atoms with Gasteiger partial charge in [-0.05, 0) is 35.9 Å². The number of benzene rings is 2. The molecule has 0 unspecified atom stereocenters. The van der Waals surface area contributed by atoms with E-state index in [4.69, 9.17) is 0 Å². The molecule has 2 aromatic rings. The monoisotopic (exact) mass is 361 g/mol. The first-order valence-corrected chi connectivity index (χ1v) is 8.40. The highest BCUT2D eigenvalue weighted by atomic mass is 16.2. The minimum Gasteiger partial charge on any atom is -0.345 e. The van der Waals surface area contributed by atoms with Crippen molar-refractivity contribution in [3.8, 4) is 0 Å². The zero-order chi connectivity index (χ0) is 19.4. The van der Waals surface area contributed by atoms with Crippen LogP contribution in [-0.2, 0) is 9.59 Å². The molecule has 6 nitrogen and oxygen atoms in total. The summed E-state index contributed by atoms with van der Waals surface area (Å²) in [5.74, 6) is -1.33. The highest BCUT2D eigenvalue weighted by Gasteiger charge is 2.34. The van der Waals surface area contributed by atoms with Gasteiger partial charge in [0.25, 0.3) is 11.8 Å². The van der Waals surface area contributed by atoms with Gasteiger partial charge in [0, 0.05) is 25.0 Å². The number of carbonyl (C=O) groups is 3. The van der Waals surface area contributed by atoms with Gasteiger partial charge in [0.15, 0.2) is 0 Å². The van der Waals surface area contributed by atoms with Crippen molar-refractivity contribution in [1.82, 2.24) is 10.2 Å². The Balaban J connectivity index is 1.84. The Morgan fingerprint density at radius 1 is 1.00 bits per heavy atom. The molecule has 0 bridgehead atoms. The maximum atomic E-state index is 12.4. The van der Waals surface area contributed by atoms with Gasteiger partial charge in [-0.2, -0.15) is 0 Å². The normalized spacial score (nSPS) is 15.7. The van der Waals surface area contributed by atoms with E-state index in [1.54, 1.807) is 0 Å². The third kappa shape index (κ3) is 3.79. The van der Waals surface area contributed by atoms with Crippen LogP contribution in [0.1, 0.15) is 5.56 Å². The molecule has 0 aliphatic carbocycles. The van der Waals surface area contributed by atoms with Gasteiger partial charge in [0.1, 0.15) is 5.57 Å². The van der Waals surface area contributed by atoms with Crippen LogP contribution in [0.25, 0.3) is 6.08 Å². The quantitative estimate of drug-likeness (QED) is 0.505. The third-order valence-electron chi connectivity index (χ3n) is 4.23. The van der Waals surface area contributed by atoms with E-state index in [-0.39, 0.29) is 12.1 Å². The van der Waals surface area contributed by atoms with Gasteiger partial charge in [-0.3, -0.25) is 19.8 Å². The number of rotatable bonds is 5. The van der Waals surface area contributed by atoms with E-state index in [1.807, 2.05) is 66.5 Å². The molecule has 6 heteroatoms. The van der Waals surface area contributed by atoms with E-state index in [0.717, 1.165) is 16.3 Å². The second kappa shape index (κ2) is 7.70. The van der Waals surface area contributed by atoms with Crippen LogP contribution >= 0.6 is 0 Å². The van der Waals surface area contributed by atoms with Crippen molar-refractivity contribution < 1.29 is 14.4 Å². The van der Waals surface area contributed by atoms with Gasteiger partial charge in [-0.1, -0.05) is 36.4 Å². The molecule has 1 saturated heterocycles. The highest BCUT2D eigenvalue weighted by molar-refractivity contribution is 6.31. The summed E-state index contributed by atoms with van der Waals surface area (Å²) in [6.45, 7) is 3.56. The molecule has 0 saturated carbocycles. The van der Waals surface area contributed by atoms with E-state index in [0.29, 0.717) is 5.56 Å². The minimum atomic E-state index is -0.734. The number of amides is 4. The van der Waals surface area contributed by atoms with Crippen molar-refractivity contribution in [3.05, 3.63) is 78.4 Å². The number of carbonyl (C=O) groups excluding carboxylic acids is 3. The van der Waals surface area contributed by atoms with E-state index in [1.165, 1.54) is 12.2 Å². The van der Waals surface area contributed by atoms with E-state index < -0.39 is 17.8 Å². The Kier molecular flexibility index (Phi) is 5.17. The highest BCUT2D eigenvalue weighted by Crippen LogP contribution is 2.24. The van der Waals surface area contributed by atoms with Crippen LogP contribution in [-0.4, -0.2) is 36.3 Å². The molecular weight excluding hydrogens is 342 g/mol. The number of barbiturate groups is 1. The summed E-state index contributed by atoms with van der Waals surface area (Å²) in [5, 5.41) is 2.17. The molecule has 0 spiro atoms. The molecular formula is C21H19N3O3. The lowest BCUT2D eigenvalue weighted by atomic mass is 10.1. The molecule has 136 valence electrons. The summed E-state index contributed by atoms with van der Waals surface area (Å²) < 4.78 is 0. The number of nitrogens with zero attached hydrogens (tertiary/aromatic N) is 2. The van der Waals surface area contributed by atoms with Crippen LogP contribution in [0, 0.1) is 0 Å². The van der Waals surface area contributed by atoms with Crippen LogP contribution in [0.2, 0.25) is 0 Å². The number of urea groups is 1. The maximum absolute atomic E-state index is 12.4. The maximum Gasteiger partial charge on any atom is 0.331 e. The van der Waals surface area contributed by atoms with Crippen molar-refractivity contribution in [2.45, 2.75) is 0 Å². The molecule has 0 radical (unpaired) electrons. The summed E-state index contributed by atoms with van der Waals surface area (Å²) in [6.07, 6.45) is 2.91. The number of nitrogens with one attached hydrogen (secondary N) is 1. The number of hydrogen-bond donors (Lipinski definition) is 1. The fraction of sp³-hybridized carbons (Fsp3) is 0.0952. The largest absolute Gasteiger partial charge is 0.345 e. The van der Waals surface area contributed by atoms with Gasteiger partial charge < -0.3 is 4.90 Å². The van der Waals surface area contributed by atoms with Crippen LogP contribution in [0.5, 0.6) is 0 Å². The first kappa shape index (κ1) is 18.1. The first-order chi connectivity index (χ1) is 13.0. The second-order valence-electron chi connectivity index (χ2n) is 6.01. The molecule has 27 heavy (non-hydrogen) atoms. The molecule has 0 atom stereocenters. The second-order valence-corrected chi connectivity index (χ2v) is 6.01. The van der Waals surface area contributed by atoms with Crippen LogP contribution < -0.4 is 10.2 Å². The molecule has 2 aromatic carbocycles. The number of para-hydroxylation sites is 1. The van der Waals surface area contributed by atoms with Crippen molar-refractivity contribution >= 4 is 35.3 Å². The van der Waals surface area contributed by atoms with Crippen LogP contribution in [0.15, 0.2) is 72.8 Å². The van der Waals surface area contributed by atoms with Gasteiger partial charge >= 0.3 is 6.03 Å². The Labute approximate surface area is 157 Å². The Morgan fingerprint density at radius 3 is 2.26 bits per heavy atom. The average molecular weight is 361 g/mol. The summed E-state index contributed by atoms with van der Waals surface area (Å²) in [7, 11) is 1.96. The van der Waals surface area contributed by atoms with Crippen LogP contribution in [0.3, 0.4) is 0 Å². The fourth-order valence-electron chi connectivity index (χ4n) is 2.75. The Hall–Kier alpha value is -3.67. The van der Waals surface area contributed by atoms with Gasteiger partial charge in [0.05, 0.1) is 0 Å². The number of hydrogen-bond acceptors (Lipinski definition) is 4. The molecule has 3 rings (SSSR count). The number of anilines is 2. The number of imide groups is 2. The summed E-state index contributed by atoms with van der Waals surface area (Å²) in [6, 6.07) is 16.6. The molecule has 1 aliphatic heterocycles. The molecule has 1 fully saturated rings. The van der Waals surface area contributed by atoms with Crippen molar-refractivity contribution in [2.75, 3.05) is 18.5 Å². The average Bonchev–Trinajstić information content (AvgIpc) is 2.69. The van der Waals surface area contributed by atoms with Gasteiger partial charge in [0.2, 0.25) is 0 Å². The lowest BCUT2D eigenvalue weighted by molar-refractivity contribution is -0.129. The van der Waals surface area contributed by atoms with Crippen LogP contribution in [0.4, 0.5) is 16.2 Å². The SMILES string of the molecule is C=CCN1C(=O)NC(=O)/C(=C/c2ccc(N(C)c3ccccc3)cc2)C1=O. The lowest BCUT2D eigenvalue weighted by Gasteiger charge is -2.25. The zero-order valence-electron chi connectivity index (χ0n) is 14.9. The topological polar surface area (TPSA) is 69.7 Å². The molecule has 1 N–H and O–H groups in total. The standard InChI is InChI=1S/C21H19N3O3/c1-3-13-24-20(26)18(19(25)22-21(24)27)14-15-9-11-17(12-10-15)23(2)16-7-5-4-6-8-16/h3-12,14H,1,13H2,2H3,(H,22,25,27)/b18-14-. The first-order valence-electron chi connectivity index (χ1n) is 8.40. The van der Waals surface area contributed by atoms with E-state index in [2.05, 4.69) is 11.9 Å². The van der Waals surface area contributed by atoms with Crippen molar-refractivity contribution in [1.29, 1.82) is 0 Å². The molecule has 0 aromatic heterocycles. The Morgan fingerprint density at radius 2 is 1.63 bits per heavy atom. The fourth-order valence-corrected chi connectivity index (χ4v) is 2.75. The van der Waals surface area contributed by atoms with Crippen molar-refractivity contribution in [2.24, 2.45) is 0 Å². The molecule has 1 heterocycles. The third-order valence-corrected chi connectivity index (χ3v) is 4.23. The predicted molar refractivity (Wildman–Crippen MR) is 104 cm³/mol. The van der Waals surface area contributed by atoms with Gasteiger partial charge in [-0.15, -0.1) is 6.58 Å². The van der Waals surface area contributed by atoms with E-state index in [9.17, 15) is 14.4 Å². The summed E-state index contributed by atoms with van der Waals surface area (Å²) in [5.41, 5.74) is 2.61. The summed E-state index contributed by atoms with van der Waals surface area (Å²) in [4.78, 5) is 39.2. The lowest BCUT2D eigenvalue weighted by Crippen LogP contribution is -2.54. The van der Waals surface area contributed by atoms with Crippen molar-refractivity contribution in [3.63, 3.8) is 0 Å².